The highest BCUT2D eigenvalue weighted by Crippen LogP contribution is 2.20. The van der Waals surface area contributed by atoms with Crippen LogP contribution in [0.2, 0.25) is 0 Å². The SMILES string of the molecule is COc1c(C)nc(N(C)C)nc1F. The molecule has 0 aliphatic rings. The summed E-state index contributed by atoms with van der Waals surface area (Å²) in [5.74, 6) is -0.180. The molecule has 0 aliphatic heterocycles. The van der Waals surface area contributed by atoms with Crippen molar-refractivity contribution in [3.05, 3.63) is 11.6 Å². The number of hydrogen-bond donors (Lipinski definition) is 0. The summed E-state index contributed by atoms with van der Waals surface area (Å²) < 4.78 is 18.0. The Morgan fingerprint density at radius 1 is 1.31 bits per heavy atom. The molecule has 0 amide bonds. The van der Waals surface area contributed by atoms with E-state index in [-0.39, 0.29) is 5.75 Å². The lowest BCUT2D eigenvalue weighted by atomic mass is 10.4. The first-order valence-electron chi connectivity index (χ1n) is 3.81. The van der Waals surface area contributed by atoms with Gasteiger partial charge in [-0.15, -0.1) is 0 Å². The maximum Gasteiger partial charge on any atom is 0.260 e. The Hall–Kier alpha value is -1.39. The first kappa shape index (κ1) is 9.70. The molecule has 1 heterocycles. The Morgan fingerprint density at radius 3 is 2.31 bits per heavy atom. The van der Waals surface area contributed by atoms with Gasteiger partial charge in [0.15, 0.2) is 5.75 Å². The molecule has 0 unspecified atom stereocenters. The molecule has 0 saturated carbocycles. The van der Waals surface area contributed by atoms with Crippen molar-refractivity contribution in [2.45, 2.75) is 6.92 Å². The minimum absolute atomic E-state index is 0.102. The molecule has 0 spiro atoms. The summed E-state index contributed by atoms with van der Waals surface area (Å²) in [7, 11) is 4.89. The summed E-state index contributed by atoms with van der Waals surface area (Å²) in [5.41, 5.74) is 0.499. The first-order valence-corrected chi connectivity index (χ1v) is 3.81. The molecular weight excluding hydrogens is 173 g/mol. The largest absolute Gasteiger partial charge is 0.490 e. The number of rotatable bonds is 2. The maximum atomic E-state index is 13.2. The second-order valence-electron chi connectivity index (χ2n) is 2.83. The Kier molecular flexibility index (Phi) is 2.65. The maximum absolute atomic E-state index is 13.2. The summed E-state index contributed by atoms with van der Waals surface area (Å²) >= 11 is 0. The molecule has 0 atom stereocenters. The lowest BCUT2D eigenvalue weighted by molar-refractivity contribution is 0.371. The second-order valence-corrected chi connectivity index (χ2v) is 2.83. The normalized spacial score (nSPS) is 9.92. The zero-order valence-electron chi connectivity index (χ0n) is 8.13. The molecule has 4 nitrogen and oxygen atoms in total. The molecule has 1 aromatic rings. The van der Waals surface area contributed by atoms with Crippen LogP contribution in [0.5, 0.6) is 5.75 Å². The van der Waals surface area contributed by atoms with Crippen LogP contribution in [0.25, 0.3) is 0 Å². The summed E-state index contributed by atoms with van der Waals surface area (Å²) in [6.45, 7) is 1.68. The number of aryl methyl sites for hydroxylation is 1. The first-order chi connectivity index (χ1) is 6.06. The van der Waals surface area contributed by atoms with Crippen molar-refractivity contribution in [2.24, 2.45) is 0 Å². The Labute approximate surface area is 76.4 Å². The molecule has 13 heavy (non-hydrogen) atoms. The van der Waals surface area contributed by atoms with Gasteiger partial charge < -0.3 is 9.64 Å². The summed E-state index contributed by atoms with van der Waals surface area (Å²) in [6, 6.07) is 0. The highest BCUT2D eigenvalue weighted by atomic mass is 19.1. The van der Waals surface area contributed by atoms with Gasteiger partial charge in [0.05, 0.1) is 12.8 Å². The van der Waals surface area contributed by atoms with E-state index in [2.05, 4.69) is 9.97 Å². The number of halogens is 1. The van der Waals surface area contributed by atoms with Crippen molar-refractivity contribution in [1.82, 2.24) is 9.97 Å². The molecule has 5 heteroatoms. The van der Waals surface area contributed by atoms with Gasteiger partial charge in [0.2, 0.25) is 5.95 Å². The van der Waals surface area contributed by atoms with Gasteiger partial charge in [-0.3, -0.25) is 0 Å². The summed E-state index contributed by atoms with van der Waals surface area (Å²) in [6.07, 6.45) is 0. The lowest BCUT2D eigenvalue weighted by Gasteiger charge is -2.12. The van der Waals surface area contributed by atoms with E-state index >= 15 is 0 Å². The fourth-order valence-corrected chi connectivity index (χ4v) is 0.946. The Morgan fingerprint density at radius 2 is 1.92 bits per heavy atom. The molecule has 1 rings (SSSR count). The van der Waals surface area contributed by atoms with Crippen molar-refractivity contribution >= 4 is 5.95 Å². The van der Waals surface area contributed by atoms with Gasteiger partial charge in [0.1, 0.15) is 0 Å². The van der Waals surface area contributed by atoms with Crippen LogP contribution in [-0.2, 0) is 0 Å². The minimum atomic E-state index is -0.626. The number of anilines is 1. The average molecular weight is 185 g/mol. The van der Waals surface area contributed by atoms with Gasteiger partial charge in [0.25, 0.3) is 5.95 Å². The van der Waals surface area contributed by atoms with Crippen LogP contribution < -0.4 is 9.64 Å². The van der Waals surface area contributed by atoms with E-state index < -0.39 is 5.95 Å². The predicted octanol–water partition coefficient (Wildman–Crippen LogP) is 0.999. The third-order valence-electron chi connectivity index (χ3n) is 1.59. The van der Waals surface area contributed by atoms with Crippen LogP contribution in [0.3, 0.4) is 0 Å². The van der Waals surface area contributed by atoms with Crippen LogP contribution in [0.15, 0.2) is 0 Å². The van der Waals surface area contributed by atoms with Crippen molar-refractivity contribution < 1.29 is 9.13 Å². The number of hydrogen-bond acceptors (Lipinski definition) is 4. The number of methoxy groups -OCH3 is 1. The Bertz CT molecular complexity index is 291. The molecule has 0 radical (unpaired) electrons. The number of aromatic nitrogens is 2. The molecule has 0 N–H and O–H groups in total. The quantitative estimate of drug-likeness (QED) is 0.644. The van der Waals surface area contributed by atoms with E-state index in [0.717, 1.165) is 0 Å². The molecule has 72 valence electrons. The molecule has 1 aromatic heterocycles. The molecule has 0 fully saturated rings. The predicted molar refractivity (Wildman–Crippen MR) is 47.6 cm³/mol. The van der Waals surface area contributed by atoms with Crippen LogP contribution in [0.4, 0.5) is 10.3 Å². The second kappa shape index (κ2) is 3.55. The van der Waals surface area contributed by atoms with Crippen molar-refractivity contribution in [3.63, 3.8) is 0 Å². The third kappa shape index (κ3) is 1.85. The van der Waals surface area contributed by atoms with E-state index in [1.165, 1.54) is 7.11 Å². The van der Waals surface area contributed by atoms with Gasteiger partial charge in [-0.25, -0.2) is 4.98 Å². The average Bonchev–Trinajstić information content (AvgIpc) is 2.03. The monoisotopic (exact) mass is 185 g/mol. The molecule has 0 aromatic carbocycles. The minimum Gasteiger partial charge on any atom is -0.490 e. The summed E-state index contributed by atoms with van der Waals surface area (Å²) in [5, 5.41) is 0. The fourth-order valence-electron chi connectivity index (χ4n) is 0.946. The molecular formula is C8H12FN3O. The van der Waals surface area contributed by atoms with Crippen molar-refractivity contribution in [1.29, 1.82) is 0 Å². The number of nitrogens with zero attached hydrogens (tertiary/aromatic N) is 3. The van der Waals surface area contributed by atoms with Crippen LogP contribution >= 0.6 is 0 Å². The fraction of sp³-hybridized carbons (Fsp3) is 0.500. The topological polar surface area (TPSA) is 38.2 Å². The highest BCUT2D eigenvalue weighted by Gasteiger charge is 2.12. The van der Waals surface area contributed by atoms with Crippen molar-refractivity contribution in [2.75, 3.05) is 26.1 Å². The molecule has 0 saturated heterocycles. The zero-order chi connectivity index (χ0) is 10.0. The van der Waals surface area contributed by atoms with Gasteiger partial charge in [0, 0.05) is 14.1 Å². The van der Waals surface area contributed by atoms with Crippen LogP contribution in [0.1, 0.15) is 5.69 Å². The number of ether oxygens (including phenoxy) is 1. The molecule has 0 aliphatic carbocycles. The van der Waals surface area contributed by atoms with E-state index in [9.17, 15) is 4.39 Å². The lowest BCUT2D eigenvalue weighted by Crippen LogP contribution is -2.14. The summed E-state index contributed by atoms with van der Waals surface area (Å²) in [4.78, 5) is 9.32. The van der Waals surface area contributed by atoms with Gasteiger partial charge >= 0.3 is 0 Å². The standard InChI is InChI=1S/C8H12FN3O/c1-5-6(13-4)7(9)11-8(10-5)12(2)3/h1-4H3. The molecule has 0 bridgehead atoms. The smallest absolute Gasteiger partial charge is 0.260 e. The van der Waals surface area contributed by atoms with Gasteiger partial charge in [-0.05, 0) is 6.92 Å². The van der Waals surface area contributed by atoms with Crippen LogP contribution in [0, 0.1) is 12.9 Å². The highest BCUT2D eigenvalue weighted by molar-refractivity contribution is 5.34. The van der Waals surface area contributed by atoms with E-state index in [4.69, 9.17) is 4.74 Å². The van der Waals surface area contributed by atoms with Crippen molar-refractivity contribution in [3.8, 4) is 5.75 Å². The Balaban J connectivity index is 3.20. The van der Waals surface area contributed by atoms with E-state index in [1.807, 2.05) is 0 Å². The van der Waals surface area contributed by atoms with Gasteiger partial charge in [-0.1, -0.05) is 0 Å². The third-order valence-corrected chi connectivity index (χ3v) is 1.59. The zero-order valence-corrected chi connectivity index (χ0v) is 8.13. The van der Waals surface area contributed by atoms with Gasteiger partial charge in [-0.2, -0.15) is 9.37 Å². The van der Waals surface area contributed by atoms with E-state index in [0.29, 0.717) is 11.6 Å². The van der Waals surface area contributed by atoms with E-state index in [1.54, 1.807) is 25.9 Å². The van der Waals surface area contributed by atoms with Crippen LogP contribution in [-0.4, -0.2) is 31.2 Å².